The Morgan fingerprint density at radius 1 is 1.10 bits per heavy atom. The Morgan fingerprint density at radius 2 is 1.97 bits per heavy atom. The molecule has 0 saturated carbocycles. The number of ether oxygens (including phenoxy) is 1. The Morgan fingerprint density at radius 3 is 2.74 bits per heavy atom. The highest BCUT2D eigenvalue weighted by Gasteiger charge is 2.27. The molecule has 1 N–H and O–H groups in total. The van der Waals surface area contributed by atoms with Gasteiger partial charge in [0, 0.05) is 54.0 Å². The van der Waals surface area contributed by atoms with E-state index in [0.29, 0.717) is 12.2 Å². The molecule has 0 spiro atoms. The van der Waals surface area contributed by atoms with Gasteiger partial charge in [-0.05, 0) is 51.0 Å². The van der Waals surface area contributed by atoms with Crippen LogP contribution >= 0.6 is 0 Å². The number of nitrogens with zero attached hydrogens (tertiary/aromatic N) is 4. The standard InChI is InChI=1S/C24H27N5O2/c1-16-10-20(28-19-7-4-8-21(11-19)31-3)12-22(27-16)18-6-5-9-29(15-18)24(30)23-14-25-17(2)13-26-23/h4,7-8,10-14,18H,5-6,9,15H2,1-3H3,(H,27,28)/t18-/m1/s1. The van der Waals surface area contributed by atoms with Gasteiger partial charge in [-0.2, -0.15) is 0 Å². The largest absolute Gasteiger partial charge is 0.497 e. The van der Waals surface area contributed by atoms with Crippen molar-refractivity contribution in [2.45, 2.75) is 32.6 Å². The van der Waals surface area contributed by atoms with Gasteiger partial charge in [0.1, 0.15) is 11.4 Å². The number of piperidine rings is 1. The van der Waals surface area contributed by atoms with Gasteiger partial charge in [0.25, 0.3) is 5.91 Å². The van der Waals surface area contributed by atoms with Crippen molar-refractivity contribution in [1.82, 2.24) is 19.9 Å². The molecule has 0 unspecified atom stereocenters. The van der Waals surface area contributed by atoms with Gasteiger partial charge in [-0.3, -0.25) is 14.8 Å². The number of anilines is 2. The summed E-state index contributed by atoms with van der Waals surface area (Å²) in [7, 11) is 1.66. The average molecular weight is 418 g/mol. The van der Waals surface area contributed by atoms with Crippen LogP contribution in [0.15, 0.2) is 48.8 Å². The van der Waals surface area contributed by atoms with Crippen molar-refractivity contribution >= 4 is 17.3 Å². The number of benzene rings is 1. The van der Waals surface area contributed by atoms with Crippen LogP contribution in [0.4, 0.5) is 11.4 Å². The lowest BCUT2D eigenvalue weighted by molar-refractivity contribution is 0.0699. The molecule has 1 aliphatic rings. The molecular weight excluding hydrogens is 390 g/mol. The fourth-order valence-corrected chi connectivity index (χ4v) is 3.91. The second kappa shape index (κ2) is 9.12. The zero-order chi connectivity index (χ0) is 21.8. The van der Waals surface area contributed by atoms with E-state index in [1.165, 1.54) is 0 Å². The number of rotatable bonds is 5. The third-order valence-corrected chi connectivity index (χ3v) is 5.46. The molecule has 0 bridgehead atoms. The first-order chi connectivity index (χ1) is 15.0. The van der Waals surface area contributed by atoms with Crippen LogP contribution in [0.5, 0.6) is 5.75 Å². The van der Waals surface area contributed by atoms with Crippen molar-refractivity contribution in [3.63, 3.8) is 0 Å². The van der Waals surface area contributed by atoms with Crippen LogP contribution in [0.2, 0.25) is 0 Å². The van der Waals surface area contributed by atoms with Crippen LogP contribution < -0.4 is 10.1 Å². The molecule has 1 amide bonds. The highest BCUT2D eigenvalue weighted by atomic mass is 16.5. The predicted molar refractivity (Wildman–Crippen MR) is 120 cm³/mol. The summed E-state index contributed by atoms with van der Waals surface area (Å²) in [6.45, 7) is 5.21. The van der Waals surface area contributed by atoms with Gasteiger partial charge in [-0.25, -0.2) is 4.98 Å². The maximum atomic E-state index is 12.9. The van der Waals surface area contributed by atoms with E-state index in [1.54, 1.807) is 19.5 Å². The highest BCUT2D eigenvalue weighted by Crippen LogP contribution is 2.30. The number of hydrogen-bond donors (Lipinski definition) is 1. The van der Waals surface area contributed by atoms with E-state index >= 15 is 0 Å². The van der Waals surface area contributed by atoms with E-state index in [0.717, 1.165) is 53.6 Å². The minimum Gasteiger partial charge on any atom is -0.497 e. The van der Waals surface area contributed by atoms with E-state index in [9.17, 15) is 4.79 Å². The Labute approximate surface area is 182 Å². The second-order valence-corrected chi connectivity index (χ2v) is 7.91. The van der Waals surface area contributed by atoms with Gasteiger partial charge in [0.15, 0.2) is 0 Å². The Kier molecular flexibility index (Phi) is 6.11. The summed E-state index contributed by atoms with van der Waals surface area (Å²) in [6.07, 6.45) is 5.12. The minimum absolute atomic E-state index is 0.0698. The van der Waals surface area contributed by atoms with Gasteiger partial charge in [0.05, 0.1) is 19.0 Å². The number of likely N-dealkylation sites (tertiary alicyclic amines) is 1. The van der Waals surface area contributed by atoms with Crippen LogP contribution in [-0.4, -0.2) is 46.0 Å². The lowest BCUT2D eigenvalue weighted by atomic mass is 9.93. The molecule has 4 rings (SSSR count). The van der Waals surface area contributed by atoms with Crippen molar-refractivity contribution in [3.8, 4) is 5.75 Å². The summed E-state index contributed by atoms with van der Waals surface area (Å²) >= 11 is 0. The van der Waals surface area contributed by atoms with E-state index in [-0.39, 0.29) is 11.8 Å². The van der Waals surface area contributed by atoms with Gasteiger partial charge in [0.2, 0.25) is 0 Å². The summed E-state index contributed by atoms with van der Waals surface area (Å²) in [5, 5.41) is 3.45. The summed E-state index contributed by atoms with van der Waals surface area (Å²) in [4.78, 5) is 28.0. The van der Waals surface area contributed by atoms with Crippen molar-refractivity contribution in [1.29, 1.82) is 0 Å². The maximum Gasteiger partial charge on any atom is 0.274 e. The zero-order valence-corrected chi connectivity index (χ0v) is 18.1. The van der Waals surface area contributed by atoms with Crippen molar-refractivity contribution in [2.75, 3.05) is 25.5 Å². The number of nitrogens with one attached hydrogen (secondary N) is 1. The number of pyridine rings is 1. The smallest absolute Gasteiger partial charge is 0.274 e. The molecule has 1 fully saturated rings. The lowest BCUT2D eigenvalue weighted by Crippen LogP contribution is -2.39. The molecule has 160 valence electrons. The number of hydrogen-bond acceptors (Lipinski definition) is 6. The van der Waals surface area contributed by atoms with E-state index in [2.05, 4.69) is 21.4 Å². The average Bonchev–Trinajstić information content (AvgIpc) is 2.79. The highest BCUT2D eigenvalue weighted by molar-refractivity contribution is 5.92. The quantitative estimate of drug-likeness (QED) is 0.668. The fraction of sp³-hybridized carbons (Fsp3) is 0.333. The van der Waals surface area contributed by atoms with Gasteiger partial charge in [-0.1, -0.05) is 6.07 Å². The normalized spacial score (nSPS) is 16.1. The maximum absolute atomic E-state index is 12.9. The molecule has 1 aromatic carbocycles. The van der Waals surface area contributed by atoms with Gasteiger partial charge in [-0.15, -0.1) is 0 Å². The first kappa shape index (κ1) is 20.8. The van der Waals surface area contributed by atoms with Crippen molar-refractivity contribution in [2.24, 2.45) is 0 Å². The molecule has 3 heterocycles. The summed E-state index contributed by atoms with van der Waals surface area (Å²) in [6, 6.07) is 11.9. The molecule has 1 saturated heterocycles. The number of carbonyl (C=O) groups is 1. The molecule has 7 heteroatoms. The predicted octanol–water partition coefficient (Wildman–Crippen LogP) is 4.26. The first-order valence-corrected chi connectivity index (χ1v) is 10.5. The Hall–Kier alpha value is -3.48. The van der Waals surface area contributed by atoms with E-state index < -0.39 is 0 Å². The molecule has 3 aromatic rings. The SMILES string of the molecule is COc1cccc(Nc2cc(C)nc([C@@H]3CCCN(C(=O)c4cnc(C)cn4)C3)c2)c1. The number of aryl methyl sites for hydroxylation is 2. The molecule has 7 nitrogen and oxygen atoms in total. The second-order valence-electron chi connectivity index (χ2n) is 7.91. The van der Waals surface area contributed by atoms with Crippen LogP contribution in [0, 0.1) is 13.8 Å². The molecule has 31 heavy (non-hydrogen) atoms. The first-order valence-electron chi connectivity index (χ1n) is 10.5. The van der Waals surface area contributed by atoms with Gasteiger partial charge >= 0.3 is 0 Å². The van der Waals surface area contributed by atoms with Crippen LogP contribution in [0.1, 0.15) is 46.3 Å². The molecule has 1 aliphatic heterocycles. The number of carbonyl (C=O) groups excluding carboxylic acids is 1. The minimum atomic E-state index is -0.0698. The Balaban J connectivity index is 1.51. The number of aromatic nitrogens is 3. The van der Waals surface area contributed by atoms with Crippen LogP contribution in [0.25, 0.3) is 0 Å². The molecular formula is C24H27N5O2. The van der Waals surface area contributed by atoms with Crippen LogP contribution in [0.3, 0.4) is 0 Å². The fourth-order valence-electron chi connectivity index (χ4n) is 3.91. The lowest BCUT2D eigenvalue weighted by Gasteiger charge is -2.32. The van der Waals surface area contributed by atoms with Gasteiger partial charge < -0.3 is 15.0 Å². The van der Waals surface area contributed by atoms with Crippen molar-refractivity contribution in [3.05, 3.63) is 71.6 Å². The monoisotopic (exact) mass is 417 g/mol. The Bertz CT molecular complexity index is 1070. The number of amides is 1. The molecule has 1 atom stereocenters. The third kappa shape index (κ3) is 4.99. The molecule has 2 aromatic heterocycles. The van der Waals surface area contributed by atoms with Crippen molar-refractivity contribution < 1.29 is 9.53 Å². The summed E-state index contributed by atoms with van der Waals surface area (Å²) < 4.78 is 5.31. The molecule has 0 aliphatic carbocycles. The zero-order valence-electron chi connectivity index (χ0n) is 18.1. The number of methoxy groups -OCH3 is 1. The molecule has 0 radical (unpaired) electrons. The topological polar surface area (TPSA) is 80.2 Å². The van der Waals surface area contributed by atoms with E-state index in [1.807, 2.05) is 49.1 Å². The van der Waals surface area contributed by atoms with Crippen LogP contribution in [-0.2, 0) is 0 Å². The van der Waals surface area contributed by atoms with E-state index in [4.69, 9.17) is 9.72 Å². The summed E-state index contributed by atoms with van der Waals surface area (Å²) in [5.74, 6) is 0.915. The third-order valence-electron chi connectivity index (χ3n) is 5.46. The summed E-state index contributed by atoms with van der Waals surface area (Å²) in [5.41, 5.74) is 5.06.